The molecule has 0 fully saturated rings. The van der Waals surface area contributed by atoms with Crippen molar-refractivity contribution in [3.8, 4) is 0 Å². The Balaban J connectivity index is 4.19. The zero-order valence-corrected chi connectivity index (χ0v) is 9.88. The zero-order valence-electron chi connectivity index (χ0n) is 9.88. The topological polar surface area (TPSA) is 76.0 Å². The van der Waals surface area contributed by atoms with E-state index in [9.17, 15) is 4.79 Å². The van der Waals surface area contributed by atoms with Crippen molar-refractivity contribution >= 4 is 5.97 Å². The third-order valence-electron chi connectivity index (χ3n) is 2.03. The van der Waals surface area contributed by atoms with Crippen LogP contribution < -0.4 is 0 Å². The fraction of sp³-hybridized carbons (Fsp3) is 0.583. The summed E-state index contributed by atoms with van der Waals surface area (Å²) < 4.78 is 10.6. The molecule has 0 rings (SSSR count). The molecule has 0 radical (unpaired) electrons. The smallest absolute Gasteiger partial charge is 0.305 e. The molecule has 0 aromatic heterocycles. The van der Waals surface area contributed by atoms with Gasteiger partial charge in [0.15, 0.2) is 0 Å². The van der Waals surface area contributed by atoms with Gasteiger partial charge in [-0.3, -0.25) is 4.79 Å². The van der Waals surface area contributed by atoms with E-state index in [1.165, 1.54) is 0 Å². The van der Waals surface area contributed by atoms with Gasteiger partial charge in [0.1, 0.15) is 0 Å². The summed E-state index contributed by atoms with van der Waals surface area (Å²) in [5.41, 5.74) is 0. The van der Waals surface area contributed by atoms with E-state index in [4.69, 9.17) is 19.7 Å². The Morgan fingerprint density at radius 2 is 1.71 bits per heavy atom. The van der Waals surface area contributed by atoms with E-state index in [-0.39, 0.29) is 19.6 Å². The molecule has 5 nitrogen and oxygen atoms in total. The van der Waals surface area contributed by atoms with Crippen LogP contribution in [0.1, 0.15) is 12.8 Å². The second-order valence-electron chi connectivity index (χ2n) is 3.50. The highest BCUT2D eigenvalue weighted by molar-refractivity contribution is 5.67. The van der Waals surface area contributed by atoms with E-state index in [1.807, 2.05) is 0 Å². The van der Waals surface area contributed by atoms with Crippen molar-refractivity contribution in [3.63, 3.8) is 0 Å². The second-order valence-corrected chi connectivity index (χ2v) is 3.50. The van der Waals surface area contributed by atoms with Gasteiger partial charge in [-0.15, -0.1) is 13.2 Å². The number of rotatable bonds is 11. The molecule has 2 atom stereocenters. The Morgan fingerprint density at radius 1 is 1.18 bits per heavy atom. The highest BCUT2D eigenvalue weighted by atomic mass is 16.5. The van der Waals surface area contributed by atoms with Crippen LogP contribution in [0.3, 0.4) is 0 Å². The quantitative estimate of drug-likeness (QED) is 0.530. The monoisotopic (exact) mass is 244 g/mol. The fourth-order valence-electron chi connectivity index (χ4n) is 1.30. The number of carboxylic acid groups (broad SMARTS) is 1. The standard InChI is InChI=1S/C12H20O5/c1-3-5-16-10(8-12(14)15)7-11(9-13)17-6-4-2/h3-4,10-11,13H,1-2,5-9H2,(H,14,15). The van der Waals surface area contributed by atoms with E-state index in [0.717, 1.165) is 0 Å². The molecule has 0 heterocycles. The lowest BCUT2D eigenvalue weighted by Gasteiger charge is -2.21. The van der Waals surface area contributed by atoms with Crippen molar-refractivity contribution < 1.29 is 24.5 Å². The summed E-state index contributed by atoms with van der Waals surface area (Å²) in [6.45, 7) is 7.40. The van der Waals surface area contributed by atoms with Gasteiger partial charge in [-0.2, -0.15) is 0 Å². The molecule has 0 aromatic rings. The molecule has 17 heavy (non-hydrogen) atoms. The van der Waals surface area contributed by atoms with Gasteiger partial charge in [0.05, 0.1) is 38.4 Å². The van der Waals surface area contributed by atoms with Gasteiger partial charge >= 0.3 is 5.97 Å². The van der Waals surface area contributed by atoms with Crippen LogP contribution in [0.4, 0.5) is 0 Å². The minimum atomic E-state index is -0.945. The van der Waals surface area contributed by atoms with Gasteiger partial charge in [0, 0.05) is 6.42 Å². The third kappa shape index (κ3) is 8.62. The fourth-order valence-corrected chi connectivity index (χ4v) is 1.30. The molecule has 0 saturated heterocycles. The van der Waals surface area contributed by atoms with Gasteiger partial charge in [0.25, 0.3) is 0 Å². The molecule has 0 aliphatic heterocycles. The molecule has 0 aromatic carbocycles. The number of carbonyl (C=O) groups is 1. The lowest BCUT2D eigenvalue weighted by atomic mass is 10.1. The molecule has 0 amide bonds. The van der Waals surface area contributed by atoms with Gasteiger partial charge in [-0.1, -0.05) is 12.2 Å². The molecule has 2 N–H and O–H groups in total. The van der Waals surface area contributed by atoms with Gasteiger partial charge < -0.3 is 19.7 Å². The minimum Gasteiger partial charge on any atom is -0.481 e. The van der Waals surface area contributed by atoms with Crippen molar-refractivity contribution in [2.45, 2.75) is 25.0 Å². The van der Waals surface area contributed by atoms with Crippen LogP contribution in [-0.4, -0.2) is 48.2 Å². The summed E-state index contributed by atoms with van der Waals surface area (Å²) in [5, 5.41) is 17.8. The van der Waals surface area contributed by atoms with E-state index >= 15 is 0 Å². The average molecular weight is 244 g/mol. The van der Waals surface area contributed by atoms with Crippen LogP contribution in [0.5, 0.6) is 0 Å². The molecule has 0 aliphatic rings. The number of aliphatic hydroxyl groups excluding tert-OH is 1. The summed E-state index contributed by atoms with van der Waals surface area (Å²) in [6.07, 6.45) is 2.38. The predicted molar refractivity (Wildman–Crippen MR) is 63.8 cm³/mol. The molecule has 2 unspecified atom stereocenters. The molecular weight excluding hydrogens is 224 g/mol. The lowest BCUT2D eigenvalue weighted by Crippen LogP contribution is -2.28. The SMILES string of the molecule is C=CCOC(CO)CC(CC(=O)O)OCC=C. The number of hydrogen-bond acceptors (Lipinski definition) is 4. The summed E-state index contributed by atoms with van der Waals surface area (Å²) >= 11 is 0. The molecule has 98 valence electrons. The van der Waals surface area contributed by atoms with E-state index in [1.54, 1.807) is 12.2 Å². The van der Waals surface area contributed by atoms with E-state index in [0.29, 0.717) is 13.0 Å². The van der Waals surface area contributed by atoms with Gasteiger partial charge in [0.2, 0.25) is 0 Å². The summed E-state index contributed by atoms with van der Waals surface area (Å²) in [7, 11) is 0. The first kappa shape index (κ1) is 15.8. The Morgan fingerprint density at radius 3 is 2.12 bits per heavy atom. The number of aliphatic carboxylic acids is 1. The minimum absolute atomic E-state index is 0.123. The Labute approximate surface area is 101 Å². The van der Waals surface area contributed by atoms with Crippen molar-refractivity contribution in [1.82, 2.24) is 0 Å². The summed E-state index contributed by atoms with van der Waals surface area (Å²) in [6, 6.07) is 0. The van der Waals surface area contributed by atoms with E-state index < -0.39 is 18.2 Å². The van der Waals surface area contributed by atoms with E-state index in [2.05, 4.69) is 13.2 Å². The van der Waals surface area contributed by atoms with Crippen molar-refractivity contribution in [2.75, 3.05) is 19.8 Å². The highest BCUT2D eigenvalue weighted by Crippen LogP contribution is 2.10. The third-order valence-corrected chi connectivity index (χ3v) is 2.03. The molecular formula is C12H20O5. The van der Waals surface area contributed by atoms with Crippen LogP contribution in [0.15, 0.2) is 25.3 Å². The van der Waals surface area contributed by atoms with Crippen molar-refractivity contribution in [1.29, 1.82) is 0 Å². The molecule has 0 saturated carbocycles. The zero-order chi connectivity index (χ0) is 13.1. The normalized spacial score (nSPS) is 13.9. The van der Waals surface area contributed by atoms with Gasteiger partial charge in [-0.25, -0.2) is 0 Å². The van der Waals surface area contributed by atoms with Crippen molar-refractivity contribution in [2.24, 2.45) is 0 Å². The second kappa shape index (κ2) is 10.0. The molecule has 0 bridgehead atoms. The highest BCUT2D eigenvalue weighted by Gasteiger charge is 2.19. The number of hydrogen-bond donors (Lipinski definition) is 2. The molecule has 0 spiro atoms. The summed E-state index contributed by atoms with van der Waals surface area (Å²) in [5.74, 6) is -0.945. The van der Waals surface area contributed by atoms with Crippen molar-refractivity contribution in [3.05, 3.63) is 25.3 Å². The first-order valence-corrected chi connectivity index (χ1v) is 5.41. The largest absolute Gasteiger partial charge is 0.481 e. The first-order valence-electron chi connectivity index (χ1n) is 5.41. The Bertz CT molecular complexity index is 239. The number of ether oxygens (including phenoxy) is 2. The maximum absolute atomic E-state index is 10.6. The number of aliphatic hydroxyl groups is 1. The lowest BCUT2D eigenvalue weighted by molar-refractivity contribution is -0.140. The first-order chi connectivity index (χ1) is 8.13. The Kier molecular flexibility index (Phi) is 9.33. The average Bonchev–Trinajstić information content (AvgIpc) is 2.30. The van der Waals surface area contributed by atoms with Gasteiger partial charge in [-0.05, 0) is 0 Å². The van der Waals surface area contributed by atoms with Crippen LogP contribution in [0, 0.1) is 0 Å². The maximum atomic E-state index is 10.6. The molecule has 0 aliphatic carbocycles. The molecule has 5 heteroatoms. The predicted octanol–water partition coefficient (Wildman–Crippen LogP) is 0.986. The van der Waals surface area contributed by atoms with Crippen LogP contribution in [-0.2, 0) is 14.3 Å². The summed E-state index contributed by atoms with van der Waals surface area (Å²) in [4.78, 5) is 10.6. The van der Waals surface area contributed by atoms with Crippen LogP contribution in [0.25, 0.3) is 0 Å². The maximum Gasteiger partial charge on any atom is 0.305 e. The van der Waals surface area contributed by atoms with Crippen LogP contribution >= 0.6 is 0 Å². The number of carboxylic acids is 1. The Hall–Kier alpha value is -1.17. The van der Waals surface area contributed by atoms with Crippen LogP contribution in [0.2, 0.25) is 0 Å².